The Morgan fingerprint density at radius 2 is 2.17 bits per heavy atom. The minimum atomic E-state index is -0.268. The summed E-state index contributed by atoms with van der Waals surface area (Å²) < 4.78 is 12.7. The van der Waals surface area contributed by atoms with E-state index in [0.29, 0.717) is 12.3 Å². The Morgan fingerprint density at radius 3 is 2.78 bits per heavy atom. The molecule has 0 saturated carbocycles. The number of rotatable bonds is 4. The number of amides is 1. The Morgan fingerprint density at radius 1 is 1.44 bits per heavy atom. The molecule has 1 heterocycles. The third kappa shape index (κ3) is 3.46. The van der Waals surface area contributed by atoms with Crippen molar-refractivity contribution in [2.45, 2.75) is 11.3 Å². The molecule has 1 fully saturated rings. The zero-order chi connectivity index (χ0) is 13.0. The van der Waals surface area contributed by atoms with Gasteiger partial charge in [-0.05, 0) is 30.7 Å². The van der Waals surface area contributed by atoms with Gasteiger partial charge in [-0.2, -0.15) is 0 Å². The van der Waals surface area contributed by atoms with Crippen molar-refractivity contribution in [3.05, 3.63) is 30.1 Å². The van der Waals surface area contributed by atoms with Gasteiger partial charge in [0, 0.05) is 30.5 Å². The number of hydrogen-bond donors (Lipinski definition) is 1. The number of aliphatic hydroxyl groups excluding tert-OH is 1. The average Bonchev–Trinajstić information content (AvgIpc) is 2.86. The first kappa shape index (κ1) is 13.4. The summed E-state index contributed by atoms with van der Waals surface area (Å²) in [5.74, 6) is 0.408. The normalized spacial score (nSPS) is 19.2. The third-order valence-electron chi connectivity index (χ3n) is 3.07. The number of benzene rings is 1. The molecule has 0 spiro atoms. The van der Waals surface area contributed by atoms with Crippen LogP contribution in [0.1, 0.15) is 6.42 Å². The molecule has 3 nitrogen and oxygen atoms in total. The first-order chi connectivity index (χ1) is 8.69. The van der Waals surface area contributed by atoms with Crippen LogP contribution in [0.3, 0.4) is 0 Å². The van der Waals surface area contributed by atoms with Gasteiger partial charge in [-0.1, -0.05) is 0 Å². The quantitative estimate of drug-likeness (QED) is 0.847. The van der Waals surface area contributed by atoms with E-state index in [1.165, 1.54) is 23.9 Å². The number of aliphatic hydroxyl groups is 1. The van der Waals surface area contributed by atoms with Gasteiger partial charge in [0.2, 0.25) is 5.91 Å². The summed E-state index contributed by atoms with van der Waals surface area (Å²) >= 11 is 1.41. The molecule has 1 unspecified atom stereocenters. The zero-order valence-electron chi connectivity index (χ0n) is 10.0. The first-order valence-electron chi connectivity index (χ1n) is 5.96. The summed E-state index contributed by atoms with van der Waals surface area (Å²) in [6.07, 6.45) is 0.878. The molecule has 0 radical (unpaired) electrons. The van der Waals surface area contributed by atoms with E-state index in [2.05, 4.69) is 0 Å². The molecule has 1 amide bonds. The summed E-state index contributed by atoms with van der Waals surface area (Å²) in [5.41, 5.74) is 0. The molecule has 1 N–H and O–H groups in total. The lowest BCUT2D eigenvalue weighted by atomic mass is 10.1. The predicted molar refractivity (Wildman–Crippen MR) is 68.9 cm³/mol. The van der Waals surface area contributed by atoms with E-state index in [4.69, 9.17) is 5.11 Å². The molecule has 0 aromatic heterocycles. The van der Waals surface area contributed by atoms with E-state index >= 15 is 0 Å². The van der Waals surface area contributed by atoms with Crippen LogP contribution >= 0.6 is 11.8 Å². The van der Waals surface area contributed by atoms with Gasteiger partial charge in [0.25, 0.3) is 0 Å². The number of carbonyl (C=O) groups is 1. The Hall–Kier alpha value is -1.07. The van der Waals surface area contributed by atoms with Crippen molar-refractivity contribution < 1.29 is 14.3 Å². The Labute approximate surface area is 110 Å². The summed E-state index contributed by atoms with van der Waals surface area (Å²) in [7, 11) is 0. The fourth-order valence-electron chi connectivity index (χ4n) is 1.98. The molecule has 18 heavy (non-hydrogen) atoms. The van der Waals surface area contributed by atoms with Gasteiger partial charge >= 0.3 is 0 Å². The maximum Gasteiger partial charge on any atom is 0.232 e. The first-order valence-corrected chi connectivity index (χ1v) is 6.94. The van der Waals surface area contributed by atoms with E-state index in [1.807, 2.05) is 0 Å². The molecular weight excluding hydrogens is 253 g/mol. The zero-order valence-corrected chi connectivity index (χ0v) is 10.8. The van der Waals surface area contributed by atoms with E-state index in [9.17, 15) is 9.18 Å². The SMILES string of the molecule is O=C(CSc1ccc(F)cc1)N1CCC(CO)C1. The van der Waals surface area contributed by atoms with Crippen LogP contribution in [0.4, 0.5) is 4.39 Å². The van der Waals surface area contributed by atoms with Crippen LogP contribution in [0, 0.1) is 11.7 Å². The second-order valence-electron chi connectivity index (χ2n) is 4.42. The lowest BCUT2D eigenvalue weighted by molar-refractivity contribution is -0.127. The third-order valence-corrected chi connectivity index (χ3v) is 4.07. The van der Waals surface area contributed by atoms with Crippen LogP contribution in [-0.2, 0) is 4.79 Å². The molecule has 0 bridgehead atoms. The van der Waals surface area contributed by atoms with E-state index in [-0.39, 0.29) is 24.2 Å². The summed E-state index contributed by atoms with van der Waals surface area (Å²) in [6.45, 7) is 1.53. The van der Waals surface area contributed by atoms with E-state index in [0.717, 1.165) is 17.9 Å². The molecule has 1 saturated heterocycles. The highest BCUT2D eigenvalue weighted by Crippen LogP contribution is 2.21. The van der Waals surface area contributed by atoms with Crippen LogP contribution in [0.5, 0.6) is 0 Å². The van der Waals surface area contributed by atoms with Crippen molar-refractivity contribution in [1.29, 1.82) is 0 Å². The monoisotopic (exact) mass is 269 g/mol. The van der Waals surface area contributed by atoms with Gasteiger partial charge in [-0.3, -0.25) is 4.79 Å². The van der Waals surface area contributed by atoms with E-state index in [1.54, 1.807) is 17.0 Å². The summed E-state index contributed by atoms with van der Waals surface area (Å²) in [4.78, 5) is 14.6. The maximum atomic E-state index is 12.7. The van der Waals surface area contributed by atoms with Crippen LogP contribution in [0.2, 0.25) is 0 Å². The number of halogens is 1. The topological polar surface area (TPSA) is 40.5 Å². The number of thioether (sulfide) groups is 1. The van der Waals surface area contributed by atoms with Gasteiger partial charge in [-0.15, -0.1) is 11.8 Å². The molecule has 5 heteroatoms. The summed E-state index contributed by atoms with van der Waals surface area (Å²) in [6, 6.07) is 6.14. The maximum absolute atomic E-state index is 12.7. The van der Waals surface area contributed by atoms with Crippen LogP contribution < -0.4 is 0 Å². The number of nitrogens with zero attached hydrogens (tertiary/aromatic N) is 1. The Bertz CT molecular complexity index is 410. The Balaban J connectivity index is 1.80. The van der Waals surface area contributed by atoms with E-state index < -0.39 is 0 Å². The predicted octanol–water partition coefficient (Wildman–Crippen LogP) is 1.76. The minimum Gasteiger partial charge on any atom is -0.396 e. The lowest BCUT2D eigenvalue weighted by Gasteiger charge is -2.15. The summed E-state index contributed by atoms with van der Waals surface area (Å²) in [5, 5.41) is 9.02. The van der Waals surface area contributed by atoms with Gasteiger partial charge in [0.1, 0.15) is 5.82 Å². The fraction of sp³-hybridized carbons (Fsp3) is 0.462. The Kier molecular flexibility index (Phi) is 4.60. The number of hydrogen-bond acceptors (Lipinski definition) is 3. The van der Waals surface area contributed by atoms with Gasteiger partial charge in [-0.25, -0.2) is 4.39 Å². The largest absolute Gasteiger partial charge is 0.396 e. The molecule has 1 atom stereocenters. The highest BCUT2D eigenvalue weighted by Gasteiger charge is 2.25. The number of carbonyl (C=O) groups excluding carboxylic acids is 1. The van der Waals surface area contributed by atoms with Crippen LogP contribution in [-0.4, -0.2) is 41.4 Å². The van der Waals surface area contributed by atoms with Crippen molar-refractivity contribution in [3.63, 3.8) is 0 Å². The average molecular weight is 269 g/mol. The van der Waals surface area contributed by atoms with Crippen molar-refractivity contribution in [1.82, 2.24) is 4.90 Å². The second-order valence-corrected chi connectivity index (χ2v) is 5.47. The second kappa shape index (κ2) is 6.20. The smallest absolute Gasteiger partial charge is 0.232 e. The van der Waals surface area contributed by atoms with Crippen LogP contribution in [0.25, 0.3) is 0 Å². The molecular formula is C13H16FNO2S. The molecule has 0 aliphatic carbocycles. The molecule has 1 aromatic carbocycles. The van der Waals surface area contributed by atoms with Crippen molar-refractivity contribution in [3.8, 4) is 0 Å². The van der Waals surface area contributed by atoms with Crippen molar-refractivity contribution in [2.24, 2.45) is 5.92 Å². The van der Waals surface area contributed by atoms with Crippen molar-refractivity contribution >= 4 is 17.7 Å². The van der Waals surface area contributed by atoms with Gasteiger partial charge in [0.05, 0.1) is 5.75 Å². The molecule has 1 aromatic rings. The highest BCUT2D eigenvalue weighted by molar-refractivity contribution is 8.00. The molecule has 1 aliphatic heterocycles. The van der Waals surface area contributed by atoms with Crippen molar-refractivity contribution in [2.75, 3.05) is 25.4 Å². The molecule has 2 rings (SSSR count). The molecule has 98 valence electrons. The highest BCUT2D eigenvalue weighted by atomic mass is 32.2. The minimum absolute atomic E-state index is 0.0836. The fourth-order valence-corrected chi connectivity index (χ4v) is 2.78. The standard InChI is InChI=1S/C13H16FNO2S/c14-11-1-3-12(4-2-11)18-9-13(17)15-6-5-10(7-15)8-16/h1-4,10,16H,5-9H2. The number of likely N-dealkylation sites (tertiary alicyclic amines) is 1. The molecule has 1 aliphatic rings. The van der Waals surface area contributed by atoms with Gasteiger partial charge in [0.15, 0.2) is 0 Å². The van der Waals surface area contributed by atoms with Gasteiger partial charge < -0.3 is 10.0 Å². The van der Waals surface area contributed by atoms with Crippen LogP contribution in [0.15, 0.2) is 29.2 Å². The lowest BCUT2D eigenvalue weighted by Crippen LogP contribution is -2.30.